The Bertz CT molecular complexity index is 888. The molecule has 0 aliphatic carbocycles. The molecule has 1 amide bonds. The topological polar surface area (TPSA) is 90.6 Å². The first-order chi connectivity index (χ1) is 14.2. The normalized spacial score (nSPS) is 17.0. The van der Waals surface area contributed by atoms with Gasteiger partial charge < -0.3 is 20.1 Å². The predicted molar refractivity (Wildman–Crippen MR) is 117 cm³/mol. The highest BCUT2D eigenvalue weighted by atomic mass is 16.6. The fraction of sp³-hybridized carbons (Fsp3) is 0.522. The molecule has 1 aromatic carbocycles. The van der Waals surface area contributed by atoms with Crippen LogP contribution in [0.5, 0.6) is 5.75 Å². The molecule has 162 valence electrons. The number of nitrogen functional groups attached to an aromatic ring is 1. The summed E-state index contributed by atoms with van der Waals surface area (Å²) in [5.74, 6) is 0.708. The maximum atomic E-state index is 12.7. The highest BCUT2D eigenvalue weighted by molar-refractivity contribution is 5.77. The van der Waals surface area contributed by atoms with Gasteiger partial charge in [-0.3, -0.25) is 0 Å². The molecule has 0 bridgehead atoms. The van der Waals surface area contributed by atoms with Gasteiger partial charge in [-0.1, -0.05) is 0 Å². The molecule has 3 rings (SSSR count). The Labute approximate surface area is 178 Å². The number of carbonyl (C=O) groups excluding carboxylic acids is 1. The van der Waals surface area contributed by atoms with E-state index in [1.54, 1.807) is 11.2 Å². The summed E-state index contributed by atoms with van der Waals surface area (Å²) in [7, 11) is 0. The zero-order chi connectivity index (χ0) is 21.9. The van der Waals surface area contributed by atoms with Crippen molar-refractivity contribution in [2.24, 2.45) is 0 Å². The van der Waals surface area contributed by atoms with E-state index in [1.807, 2.05) is 52.8 Å². The molecule has 0 unspecified atom stereocenters. The number of likely N-dealkylation sites (tertiary alicyclic amines) is 1. The third kappa shape index (κ3) is 5.20. The number of hydrogen-bond donors (Lipinski definition) is 1. The number of carbonyl (C=O) groups is 1. The number of aryl methyl sites for hydroxylation is 2. The summed E-state index contributed by atoms with van der Waals surface area (Å²) in [5.41, 5.74) is 9.71. The average Bonchev–Trinajstić information content (AvgIpc) is 2.66. The van der Waals surface area contributed by atoms with E-state index in [1.165, 1.54) is 0 Å². The standard InChI is InChI=1S/C23H32N4O3/c1-15-21(16(2)26-14-25-15)19-12-17(24)9-10-20(19)29-13-18-8-6-7-11-27(18)22(28)30-23(3,4)5/h9-10,12,14,18H,6-8,11,13,24H2,1-5H3/t18-/m1/s1. The number of rotatable bonds is 4. The van der Waals surface area contributed by atoms with Crippen LogP contribution in [0.1, 0.15) is 51.4 Å². The fourth-order valence-corrected chi connectivity index (χ4v) is 3.77. The first kappa shape index (κ1) is 21.9. The maximum absolute atomic E-state index is 12.7. The largest absolute Gasteiger partial charge is 0.491 e. The molecule has 0 spiro atoms. The highest BCUT2D eigenvalue weighted by Crippen LogP contribution is 2.35. The molecule has 1 atom stereocenters. The molecule has 1 aliphatic rings. The van der Waals surface area contributed by atoms with Crippen LogP contribution >= 0.6 is 0 Å². The molecule has 2 N–H and O–H groups in total. The molecule has 1 aromatic heterocycles. The predicted octanol–water partition coefficient (Wildman–Crippen LogP) is 4.51. The Morgan fingerprint density at radius 3 is 2.57 bits per heavy atom. The molecular formula is C23H32N4O3. The van der Waals surface area contributed by atoms with Crippen molar-refractivity contribution < 1.29 is 14.3 Å². The summed E-state index contributed by atoms with van der Waals surface area (Å²) in [6.45, 7) is 10.6. The van der Waals surface area contributed by atoms with Crippen LogP contribution in [0.3, 0.4) is 0 Å². The monoisotopic (exact) mass is 412 g/mol. The van der Waals surface area contributed by atoms with Crippen LogP contribution in [-0.2, 0) is 4.74 Å². The molecule has 0 radical (unpaired) electrons. The Balaban J connectivity index is 1.82. The number of amides is 1. The van der Waals surface area contributed by atoms with Crippen LogP contribution < -0.4 is 10.5 Å². The minimum absolute atomic E-state index is 0.0341. The lowest BCUT2D eigenvalue weighted by molar-refractivity contribution is 0.00364. The van der Waals surface area contributed by atoms with Gasteiger partial charge in [0.05, 0.1) is 6.04 Å². The van der Waals surface area contributed by atoms with Gasteiger partial charge in [-0.15, -0.1) is 0 Å². The van der Waals surface area contributed by atoms with Crippen molar-refractivity contribution in [3.63, 3.8) is 0 Å². The minimum Gasteiger partial charge on any atom is -0.491 e. The highest BCUT2D eigenvalue weighted by Gasteiger charge is 2.31. The molecular weight excluding hydrogens is 380 g/mol. The number of nitrogens with two attached hydrogens (primary N) is 1. The SMILES string of the molecule is Cc1ncnc(C)c1-c1cc(N)ccc1OC[C@H]1CCCCN1C(=O)OC(C)(C)C. The quantitative estimate of drug-likeness (QED) is 0.743. The second-order valence-electron chi connectivity index (χ2n) is 8.81. The maximum Gasteiger partial charge on any atom is 0.410 e. The van der Waals surface area contributed by atoms with Crippen molar-refractivity contribution in [2.75, 3.05) is 18.9 Å². The summed E-state index contributed by atoms with van der Waals surface area (Å²) in [6, 6.07) is 5.55. The minimum atomic E-state index is -0.521. The van der Waals surface area contributed by atoms with E-state index >= 15 is 0 Å². The molecule has 1 aliphatic heterocycles. The van der Waals surface area contributed by atoms with Crippen LogP contribution in [-0.4, -0.2) is 45.8 Å². The average molecular weight is 413 g/mol. The van der Waals surface area contributed by atoms with Gasteiger partial charge in [-0.2, -0.15) is 0 Å². The van der Waals surface area contributed by atoms with Crippen LogP contribution in [0.25, 0.3) is 11.1 Å². The van der Waals surface area contributed by atoms with Crippen molar-refractivity contribution in [2.45, 2.75) is 65.5 Å². The molecule has 7 nitrogen and oxygen atoms in total. The van der Waals surface area contributed by atoms with E-state index in [-0.39, 0.29) is 12.1 Å². The van der Waals surface area contributed by atoms with Crippen molar-refractivity contribution in [1.82, 2.24) is 14.9 Å². The van der Waals surface area contributed by atoms with Gasteiger partial charge in [-0.05, 0) is 72.1 Å². The van der Waals surface area contributed by atoms with E-state index in [4.69, 9.17) is 15.2 Å². The molecule has 7 heteroatoms. The summed E-state index contributed by atoms with van der Waals surface area (Å²) < 4.78 is 11.8. The Kier molecular flexibility index (Phi) is 6.48. The number of benzene rings is 1. The lowest BCUT2D eigenvalue weighted by atomic mass is 10.0. The number of aromatic nitrogens is 2. The van der Waals surface area contributed by atoms with Crippen molar-refractivity contribution >= 4 is 11.8 Å². The Morgan fingerprint density at radius 1 is 1.20 bits per heavy atom. The van der Waals surface area contributed by atoms with Gasteiger partial charge in [-0.25, -0.2) is 14.8 Å². The van der Waals surface area contributed by atoms with Gasteiger partial charge in [0.1, 0.15) is 24.3 Å². The molecule has 1 fully saturated rings. The summed E-state index contributed by atoms with van der Waals surface area (Å²) in [6.07, 6.45) is 4.20. The molecule has 30 heavy (non-hydrogen) atoms. The van der Waals surface area contributed by atoms with Crippen LogP contribution in [0.15, 0.2) is 24.5 Å². The summed E-state index contributed by atoms with van der Waals surface area (Å²) in [4.78, 5) is 23.1. The van der Waals surface area contributed by atoms with Gasteiger partial charge in [0.25, 0.3) is 0 Å². The van der Waals surface area contributed by atoms with E-state index in [9.17, 15) is 4.79 Å². The fourth-order valence-electron chi connectivity index (χ4n) is 3.77. The zero-order valence-corrected chi connectivity index (χ0v) is 18.6. The Morgan fingerprint density at radius 2 is 1.90 bits per heavy atom. The van der Waals surface area contributed by atoms with Crippen molar-refractivity contribution in [3.8, 4) is 16.9 Å². The zero-order valence-electron chi connectivity index (χ0n) is 18.6. The second-order valence-corrected chi connectivity index (χ2v) is 8.81. The first-order valence-electron chi connectivity index (χ1n) is 10.5. The van der Waals surface area contributed by atoms with Gasteiger partial charge in [0, 0.05) is 34.7 Å². The number of nitrogens with zero attached hydrogens (tertiary/aromatic N) is 3. The van der Waals surface area contributed by atoms with E-state index in [2.05, 4.69) is 9.97 Å². The Hall–Kier alpha value is -2.83. The number of hydrogen-bond acceptors (Lipinski definition) is 6. The van der Waals surface area contributed by atoms with E-state index in [0.717, 1.165) is 41.8 Å². The summed E-state index contributed by atoms with van der Waals surface area (Å²) >= 11 is 0. The molecule has 1 saturated heterocycles. The molecule has 2 heterocycles. The van der Waals surface area contributed by atoms with Crippen LogP contribution in [0, 0.1) is 13.8 Å². The van der Waals surface area contributed by atoms with E-state index < -0.39 is 5.60 Å². The van der Waals surface area contributed by atoms with Crippen molar-refractivity contribution in [1.29, 1.82) is 0 Å². The smallest absolute Gasteiger partial charge is 0.410 e. The first-order valence-corrected chi connectivity index (χ1v) is 10.5. The lowest BCUT2D eigenvalue weighted by Gasteiger charge is -2.36. The van der Waals surface area contributed by atoms with Gasteiger partial charge in [0.2, 0.25) is 0 Å². The second kappa shape index (κ2) is 8.90. The number of ether oxygens (including phenoxy) is 2. The number of piperidine rings is 1. The van der Waals surface area contributed by atoms with Crippen molar-refractivity contribution in [3.05, 3.63) is 35.9 Å². The van der Waals surface area contributed by atoms with E-state index in [0.29, 0.717) is 24.6 Å². The van der Waals surface area contributed by atoms with Gasteiger partial charge >= 0.3 is 6.09 Å². The number of anilines is 1. The molecule has 0 saturated carbocycles. The molecule has 2 aromatic rings. The lowest BCUT2D eigenvalue weighted by Crippen LogP contribution is -2.48. The van der Waals surface area contributed by atoms with Crippen LogP contribution in [0.2, 0.25) is 0 Å². The van der Waals surface area contributed by atoms with Gasteiger partial charge in [0.15, 0.2) is 0 Å². The third-order valence-corrected chi connectivity index (χ3v) is 5.19. The van der Waals surface area contributed by atoms with Crippen LogP contribution in [0.4, 0.5) is 10.5 Å². The third-order valence-electron chi connectivity index (χ3n) is 5.19. The summed E-state index contributed by atoms with van der Waals surface area (Å²) in [5, 5.41) is 0.